The van der Waals surface area contributed by atoms with Crippen LogP contribution in [0, 0.1) is 6.92 Å². The first-order valence-corrected chi connectivity index (χ1v) is 9.49. The molecule has 3 aromatic rings. The standard InChI is InChI=1S/C24H24N2O4/c1-17-3-5-19(6-4-17)16-30-22-12-9-20(13-23(22)29-2)15-25-26-24(28)14-18-7-10-21(27)11-8-18/h3-13,15,27H,14,16H2,1-2H3,(H,26,28)/b25-15-. The van der Waals surface area contributed by atoms with Crippen LogP contribution < -0.4 is 14.9 Å². The van der Waals surface area contributed by atoms with Gasteiger partial charge in [0.05, 0.1) is 19.7 Å². The number of hydrazone groups is 1. The minimum atomic E-state index is -0.248. The fourth-order valence-corrected chi connectivity index (χ4v) is 2.75. The molecular formula is C24H24N2O4. The van der Waals surface area contributed by atoms with E-state index in [9.17, 15) is 9.90 Å². The van der Waals surface area contributed by atoms with E-state index in [1.54, 1.807) is 43.7 Å². The van der Waals surface area contributed by atoms with E-state index in [0.29, 0.717) is 18.1 Å². The molecule has 3 aromatic carbocycles. The van der Waals surface area contributed by atoms with Crippen molar-refractivity contribution < 1.29 is 19.4 Å². The minimum absolute atomic E-state index is 0.164. The third-order valence-corrected chi connectivity index (χ3v) is 4.41. The number of nitrogens with zero attached hydrogens (tertiary/aromatic N) is 1. The molecule has 6 nitrogen and oxygen atoms in total. The molecule has 1 amide bonds. The van der Waals surface area contributed by atoms with Gasteiger partial charge in [0.1, 0.15) is 12.4 Å². The summed E-state index contributed by atoms with van der Waals surface area (Å²) in [4.78, 5) is 12.0. The van der Waals surface area contributed by atoms with Crippen LogP contribution in [0.25, 0.3) is 0 Å². The van der Waals surface area contributed by atoms with Gasteiger partial charge < -0.3 is 14.6 Å². The number of nitrogens with one attached hydrogen (secondary N) is 1. The van der Waals surface area contributed by atoms with Gasteiger partial charge in [-0.3, -0.25) is 4.79 Å². The number of rotatable bonds is 8. The maximum atomic E-state index is 12.0. The molecule has 0 unspecified atom stereocenters. The highest BCUT2D eigenvalue weighted by Crippen LogP contribution is 2.28. The Labute approximate surface area is 175 Å². The van der Waals surface area contributed by atoms with Gasteiger partial charge in [0.2, 0.25) is 5.91 Å². The third kappa shape index (κ3) is 6.10. The van der Waals surface area contributed by atoms with E-state index in [2.05, 4.69) is 10.5 Å². The summed E-state index contributed by atoms with van der Waals surface area (Å²) in [6.07, 6.45) is 1.72. The summed E-state index contributed by atoms with van der Waals surface area (Å²) < 4.78 is 11.3. The quantitative estimate of drug-likeness (QED) is 0.440. The summed E-state index contributed by atoms with van der Waals surface area (Å²) in [6, 6.07) is 20.1. The molecule has 0 aliphatic rings. The summed E-state index contributed by atoms with van der Waals surface area (Å²) in [6.45, 7) is 2.49. The third-order valence-electron chi connectivity index (χ3n) is 4.41. The van der Waals surface area contributed by atoms with Crippen LogP contribution in [-0.4, -0.2) is 24.3 Å². The van der Waals surface area contributed by atoms with E-state index in [1.165, 1.54) is 5.56 Å². The molecular weight excluding hydrogens is 380 g/mol. The fourth-order valence-electron chi connectivity index (χ4n) is 2.75. The number of aromatic hydroxyl groups is 1. The molecule has 0 spiro atoms. The molecule has 0 fully saturated rings. The van der Waals surface area contributed by atoms with Crippen LogP contribution in [0.5, 0.6) is 17.2 Å². The Morgan fingerprint density at radius 2 is 1.70 bits per heavy atom. The van der Waals surface area contributed by atoms with Crippen LogP contribution in [-0.2, 0) is 17.8 Å². The highest BCUT2D eigenvalue weighted by molar-refractivity contribution is 5.84. The van der Waals surface area contributed by atoms with Gasteiger partial charge in [0, 0.05) is 0 Å². The first kappa shape index (κ1) is 20.9. The zero-order chi connectivity index (χ0) is 21.3. The summed E-state index contributed by atoms with van der Waals surface area (Å²) in [5.74, 6) is 1.13. The normalized spacial score (nSPS) is 10.7. The van der Waals surface area contributed by atoms with Gasteiger partial charge in [0.15, 0.2) is 11.5 Å². The maximum Gasteiger partial charge on any atom is 0.244 e. The van der Waals surface area contributed by atoms with Gasteiger partial charge in [-0.1, -0.05) is 42.0 Å². The van der Waals surface area contributed by atoms with Crippen molar-refractivity contribution in [1.82, 2.24) is 5.43 Å². The zero-order valence-corrected chi connectivity index (χ0v) is 17.0. The van der Waals surface area contributed by atoms with Crippen molar-refractivity contribution in [3.8, 4) is 17.2 Å². The molecule has 0 aromatic heterocycles. The van der Waals surface area contributed by atoms with Gasteiger partial charge in [-0.25, -0.2) is 5.43 Å². The summed E-state index contributed by atoms with van der Waals surface area (Å²) >= 11 is 0. The SMILES string of the molecule is COc1cc(/C=N\NC(=O)Cc2ccc(O)cc2)ccc1OCc1ccc(C)cc1. The number of phenolic OH excluding ortho intramolecular Hbond substituents is 1. The van der Waals surface area contributed by atoms with Crippen molar-refractivity contribution in [2.45, 2.75) is 20.0 Å². The monoisotopic (exact) mass is 404 g/mol. The molecule has 0 bridgehead atoms. The van der Waals surface area contributed by atoms with Gasteiger partial charge in [-0.2, -0.15) is 5.10 Å². The average Bonchev–Trinajstić information content (AvgIpc) is 2.75. The van der Waals surface area contributed by atoms with E-state index in [1.807, 2.05) is 43.3 Å². The van der Waals surface area contributed by atoms with Crippen molar-refractivity contribution in [1.29, 1.82) is 0 Å². The number of ether oxygens (including phenoxy) is 2. The number of methoxy groups -OCH3 is 1. The van der Waals surface area contributed by atoms with Gasteiger partial charge in [0.25, 0.3) is 0 Å². The van der Waals surface area contributed by atoms with E-state index in [0.717, 1.165) is 16.7 Å². The smallest absolute Gasteiger partial charge is 0.244 e. The van der Waals surface area contributed by atoms with Crippen molar-refractivity contribution in [2.24, 2.45) is 5.10 Å². The Hall–Kier alpha value is -3.80. The Morgan fingerprint density at radius 3 is 2.40 bits per heavy atom. The number of benzene rings is 3. The Morgan fingerprint density at radius 1 is 1.00 bits per heavy atom. The molecule has 2 N–H and O–H groups in total. The van der Waals surface area contributed by atoms with Crippen molar-refractivity contribution in [3.63, 3.8) is 0 Å². The molecule has 0 aliphatic heterocycles. The van der Waals surface area contributed by atoms with Gasteiger partial charge in [-0.05, 0) is 53.9 Å². The molecule has 0 aliphatic carbocycles. The number of carbonyl (C=O) groups excluding carboxylic acids is 1. The largest absolute Gasteiger partial charge is 0.508 e. The van der Waals surface area contributed by atoms with Crippen molar-refractivity contribution in [3.05, 3.63) is 89.0 Å². The molecule has 6 heteroatoms. The second kappa shape index (κ2) is 10.1. The van der Waals surface area contributed by atoms with E-state index >= 15 is 0 Å². The molecule has 0 saturated heterocycles. The Balaban J connectivity index is 1.56. The van der Waals surface area contributed by atoms with E-state index in [-0.39, 0.29) is 18.1 Å². The Bertz CT molecular complexity index is 1010. The number of hydrogen-bond acceptors (Lipinski definition) is 5. The maximum absolute atomic E-state index is 12.0. The zero-order valence-electron chi connectivity index (χ0n) is 17.0. The lowest BCUT2D eigenvalue weighted by atomic mass is 10.1. The molecule has 0 saturated carbocycles. The van der Waals surface area contributed by atoms with Crippen LogP contribution in [0.1, 0.15) is 22.3 Å². The lowest BCUT2D eigenvalue weighted by Gasteiger charge is -2.11. The number of amides is 1. The highest BCUT2D eigenvalue weighted by Gasteiger charge is 2.06. The van der Waals surface area contributed by atoms with E-state index < -0.39 is 0 Å². The summed E-state index contributed by atoms with van der Waals surface area (Å²) in [5.41, 5.74) is 6.32. The van der Waals surface area contributed by atoms with E-state index in [4.69, 9.17) is 9.47 Å². The molecule has 30 heavy (non-hydrogen) atoms. The predicted molar refractivity (Wildman–Crippen MR) is 116 cm³/mol. The summed E-state index contributed by atoms with van der Waals surface area (Å²) in [7, 11) is 1.58. The number of aryl methyl sites for hydroxylation is 1. The van der Waals surface area contributed by atoms with Crippen LogP contribution in [0.2, 0.25) is 0 Å². The molecule has 154 valence electrons. The lowest BCUT2D eigenvalue weighted by molar-refractivity contribution is -0.120. The van der Waals surface area contributed by atoms with Crippen molar-refractivity contribution >= 4 is 12.1 Å². The highest BCUT2D eigenvalue weighted by atomic mass is 16.5. The second-order valence-electron chi connectivity index (χ2n) is 6.82. The van der Waals surface area contributed by atoms with Gasteiger partial charge in [-0.15, -0.1) is 0 Å². The summed E-state index contributed by atoms with van der Waals surface area (Å²) in [5, 5.41) is 13.3. The predicted octanol–water partition coefficient (Wildman–Crippen LogP) is 3.98. The average molecular weight is 404 g/mol. The Kier molecular flexibility index (Phi) is 7.05. The first-order valence-electron chi connectivity index (χ1n) is 9.49. The topological polar surface area (TPSA) is 80.2 Å². The van der Waals surface area contributed by atoms with Crippen LogP contribution >= 0.6 is 0 Å². The van der Waals surface area contributed by atoms with Gasteiger partial charge >= 0.3 is 0 Å². The van der Waals surface area contributed by atoms with Crippen LogP contribution in [0.4, 0.5) is 0 Å². The number of phenols is 1. The second-order valence-corrected chi connectivity index (χ2v) is 6.82. The number of carbonyl (C=O) groups is 1. The molecule has 3 rings (SSSR count). The van der Waals surface area contributed by atoms with Crippen LogP contribution in [0.3, 0.4) is 0 Å². The molecule has 0 heterocycles. The number of hydrogen-bond donors (Lipinski definition) is 2. The lowest BCUT2D eigenvalue weighted by Crippen LogP contribution is -2.19. The first-order chi connectivity index (χ1) is 14.5. The fraction of sp³-hybridized carbons (Fsp3) is 0.167. The van der Waals surface area contributed by atoms with Crippen molar-refractivity contribution in [2.75, 3.05) is 7.11 Å². The minimum Gasteiger partial charge on any atom is -0.508 e. The molecule has 0 radical (unpaired) electrons. The van der Waals surface area contributed by atoms with Crippen LogP contribution in [0.15, 0.2) is 71.8 Å². The molecule has 0 atom stereocenters.